The number of para-hydroxylation sites is 1. The number of imide groups is 1. The minimum absolute atomic E-state index is 0.166. The minimum atomic E-state index is -0.786. The number of urea groups is 1. The molecule has 1 saturated heterocycles. The first kappa shape index (κ1) is 14.0. The summed E-state index contributed by atoms with van der Waals surface area (Å²) in [5.74, 6) is -0.497. The lowest BCUT2D eigenvalue weighted by molar-refractivity contribution is -0.130. The van der Waals surface area contributed by atoms with Crippen molar-refractivity contribution < 1.29 is 18.8 Å². The van der Waals surface area contributed by atoms with E-state index in [2.05, 4.69) is 5.32 Å². The summed E-state index contributed by atoms with van der Waals surface area (Å²) in [6.45, 7) is -0.285. The molecule has 2 fully saturated rings. The SMILES string of the molecule is O=C(CN1C(=O)NC2(CCCC2)C1=O)c1cc2ccccc2o1. The number of nitrogens with one attached hydrogen (secondary N) is 1. The topological polar surface area (TPSA) is 79.6 Å². The molecule has 6 heteroatoms. The van der Waals surface area contributed by atoms with Gasteiger partial charge in [0.1, 0.15) is 11.1 Å². The summed E-state index contributed by atoms with van der Waals surface area (Å²) in [6, 6.07) is 8.45. The molecule has 3 amide bonds. The highest BCUT2D eigenvalue weighted by molar-refractivity contribution is 6.11. The van der Waals surface area contributed by atoms with Gasteiger partial charge in [0.05, 0.1) is 6.54 Å². The van der Waals surface area contributed by atoms with Crippen molar-refractivity contribution in [3.05, 3.63) is 36.1 Å². The molecule has 2 heterocycles. The maximum atomic E-state index is 12.5. The largest absolute Gasteiger partial charge is 0.453 e. The van der Waals surface area contributed by atoms with E-state index in [0.29, 0.717) is 18.4 Å². The highest BCUT2D eigenvalue weighted by Gasteiger charge is 2.52. The number of carbonyl (C=O) groups is 3. The molecule has 1 spiro atoms. The Balaban J connectivity index is 1.56. The highest BCUT2D eigenvalue weighted by Crippen LogP contribution is 2.35. The summed E-state index contributed by atoms with van der Waals surface area (Å²) in [6.07, 6.45) is 3.12. The standard InChI is InChI=1S/C17H16N2O4/c20-12(14-9-11-5-1-2-6-13(11)23-14)10-19-15(21)17(18-16(19)22)7-3-4-8-17/h1-2,5-6,9H,3-4,7-8,10H2,(H,18,22). The molecule has 1 saturated carbocycles. The van der Waals surface area contributed by atoms with Gasteiger partial charge < -0.3 is 9.73 Å². The van der Waals surface area contributed by atoms with Crippen molar-refractivity contribution in [2.75, 3.05) is 6.54 Å². The maximum Gasteiger partial charge on any atom is 0.325 e. The van der Waals surface area contributed by atoms with Crippen molar-refractivity contribution in [1.82, 2.24) is 10.2 Å². The Morgan fingerprint density at radius 3 is 2.70 bits per heavy atom. The number of amides is 3. The van der Waals surface area contributed by atoms with Crippen molar-refractivity contribution in [1.29, 1.82) is 0 Å². The number of benzene rings is 1. The van der Waals surface area contributed by atoms with Crippen LogP contribution in [0.15, 0.2) is 34.7 Å². The van der Waals surface area contributed by atoms with Gasteiger partial charge in [0, 0.05) is 5.39 Å². The summed E-state index contributed by atoms with van der Waals surface area (Å²) < 4.78 is 5.51. The van der Waals surface area contributed by atoms with Gasteiger partial charge in [-0.25, -0.2) is 4.79 Å². The average molecular weight is 312 g/mol. The van der Waals surface area contributed by atoms with E-state index in [-0.39, 0.29) is 24.0 Å². The van der Waals surface area contributed by atoms with Crippen molar-refractivity contribution in [3.8, 4) is 0 Å². The molecule has 1 aromatic carbocycles. The molecule has 1 aromatic heterocycles. The van der Waals surface area contributed by atoms with E-state index in [1.165, 1.54) is 0 Å². The van der Waals surface area contributed by atoms with E-state index in [0.717, 1.165) is 23.1 Å². The normalized spacial score (nSPS) is 19.7. The maximum absolute atomic E-state index is 12.5. The summed E-state index contributed by atoms with van der Waals surface area (Å²) in [7, 11) is 0. The number of hydrogen-bond donors (Lipinski definition) is 1. The summed E-state index contributed by atoms with van der Waals surface area (Å²) in [5.41, 5.74) is -0.175. The lowest BCUT2D eigenvalue weighted by Gasteiger charge is -2.19. The van der Waals surface area contributed by atoms with E-state index < -0.39 is 11.6 Å². The first-order chi connectivity index (χ1) is 11.1. The number of rotatable bonds is 3. The molecular weight excluding hydrogens is 296 g/mol. The van der Waals surface area contributed by atoms with Crippen LogP contribution < -0.4 is 5.32 Å². The van der Waals surface area contributed by atoms with Crippen LogP contribution in [-0.4, -0.2) is 34.7 Å². The number of furan rings is 1. The van der Waals surface area contributed by atoms with Gasteiger partial charge in [-0.05, 0) is 25.0 Å². The molecule has 1 aliphatic carbocycles. The van der Waals surface area contributed by atoms with Crippen molar-refractivity contribution in [2.24, 2.45) is 0 Å². The number of Topliss-reactive ketones (excluding diaryl/α,β-unsaturated/α-hetero) is 1. The zero-order valence-electron chi connectivity index (χ0n) is 12.5. The predicted octanol–water partition coefficient (Wildman–Crippen LogP) is 2.48. The molecule has 6 nitrogen and oxygen atoms in total. The molecule has 0 atom stereocenters. The van der Waals surface area contributed by atoms with Crippen LogP contribution in [-0.2, 0) is 4.79 Å². The van der Waals surface area contributed by atoms with E-state index >= 15 is 0 Å². The van der Waals surface area contributed by atoms with Gasteiger partial charge in [0.15, 0.2) is 5.76 Å². The van der Waals surface area contributed by atoms with Crippen LogP contribution in [0.1, 0.15) is 36.2 Å². The van der Waals surface area contributed by atoms with Gasteiger partial charge >= 0.3 is 6.03 Å². The smallest absolute Gasteiger partial charge is 0.325 e. The van der Waals surface area contributed by atoms with Crippen LogP contribution in [0.5, 0.6) is 0 Å². The van der Waals surface area contributed by atoms with Crippen molar-refractivity contribution in [2.45, 2.75) is 31.2 Å². The third-order valence-corrected chi connectivity index (χ3v) is 4.71. The van der Waals surface area contributed by atoms with Crippen LogP contribution in [0.3, 0.4) is 0 Å². The molecule has 118 valence electrons. The van der Waals surface area contributed by atoms with Gasteiger partial charge in [-0.3, -0.25) is 14.5 Å². The molecule has 1 N–H and O–H groups in total. The van der Waals surface area contributed by atoms with Gasteiger partial charge in [-0.2, -0.15) is 0 Å². The summed E-state index contributed by atoms with van der Waals surface area (Å²) >= 11 is 0. The predicted molar refractivity (Wildman–Crippen MR) is 82.0 cm³/mol. The molecule has 0 unspecified atom stereocenters. The molecule has 0 radical (unpaired) electrons. The number of fused-ring (bicyclic) bond motifs is 1. The number of carbonyl (C=O) groups excluding carboxylic acids is 3. The first-order valence-electron chi connectivity index (χ1n) is 7.75. The van der Waals surface area contributed by atoms with Crippen LogP contribution in [0, 0.1) is 0 Å². The number of nitrogens with zero attached hydrogens (tertiary/aromatic N) is 1. The van der Waals surface area contributed by atoms with Gasteiger partial charge in [0.2, 0.25) is 5.78 Å². The fourth-order valence-corrected chi connectivity index (χ4v) is 3.48. The second-order valence-corrected chi connectivity index (χ2v) is 6.18. The molecule has 0 bridgehead atoms. The number of hydrogen-bond acceptors (Lipinski definition) is 4. The van der Waals surface area contributed by atoms with Crippen LogP contribution in [0.2, 0.25) is 0 Å². The van der Waals surface area contributed by atoms with E-state index in [1.54, 1.807) is 12.1 Å². The fourth-order valence-electron chi connectivity index (χ4n) is 3.48. The van der Waals surface area contributed by atoms with Gasteiger partial charge in [-0.1, -0.05) is 31.0 Å². The Morgan fingerprint density at radius 1 is 1.22 bits per heavy atom. The van der Waals surface area contributed by atoms with Crippen molar-refractivity contribution in [3.63, 3.8) is 0 Å². The Hall–Kier alpha value is -2.63. The number of ketones is 1. The lowest BCUT2D eigenvalue weighted by Crippen LogP contribution is -2.44. The zero-order valence-corrected chi connectivity index (χ0v) is 12.5. The Labute approximate surface area is 132 Å². The second-order valence-electron chi connectivity index (χ2n) is 6.18. The molecular formula is C17H16N2O4. The van der Waals surface area contributed by atoms with E-state index in [4.69, 9.17) is 4.42 Å². The Kier molecular flexibility index (Phi) is 3.01. The van der Waals surface area contributed by atoms with E-state index in [1.807, 2.05) is 18.2 Å². The fraction of sp³-hybridized carbons (Fsp3) is 0.353. The Bertz CT molecular complexity index is 784. The van der Waals surface area contributed by atoms with Crippen LogP contribution in [0.4, 0.5) is 4.79 Å². The third kappa shape index (κ3) is 2.13. The molecule has 2 aromatic rings. The zero-order chi connectivity index (χ0) is 16.0. The van der Waals surface area contributed by atoms with Crippen LogP contribution >= 0.6 is 0 Å². The molecule has 2 aliphatic rings. The molecule has 23 heavy (non-hydrogen) atoms. The summed E-state index contributed by atoms with van der Waals surface area (Å²) in [4.78, 5) is 38.0. The first-order valence-corrected chi connectivity index (χ1v) is 7.75. The quantitative estimate of drug-likeness (QED) is 0.697. The third-order valence-electron chi connectivity index (χ3n) is 4.71. The molecule has 4 rings (SSSR count). The second kappa shape index (κ2) is 4.94. The van der Waals surface area contributed by atoms with Crippen molar-refractivity contribution >= 4 is 28.7 Å². The summed E-state index contributed by atoms with van der Waals surface area (Å²) in [5, 5.41) is 3.59. The van der Waals surface area contributed by atoms with Gasteiger partial charge in [-0.15, -0.1) is 0 Å². The van der Waals surface area contributed by atoms with Gasteiger partial charge in [0.25, 0.3) is 5.91 Å². The minimum Gasteiger partial charge on any atom is -0.453 e. The Morgan fingerprint density at radius 2 is 1.96 bits per heavy atom. The van der Waals surface area contributed by atoms with E-state index in [9.17, 15) is 14.4 Å². The van der Waals surface area contributed by atoms with Crippen LogP contribution in [0.25, 0.3) is 11.0 Å². The monoisotopic (exact) mass is 312 g/mol. The average Bonchev–Trinajstić information content (AvgIpc) is 3.22. The highest BCUT2D eigenvalue weighted by atomic mass is 16.3. The molecule has 1 aliphatic heterocycles. The lowest BCUT2D eigenvalue weighted by atomic mass is 9.98.